The highest BCUT2D eigenvalue weighted by Gasteiger charge is 2.33. The van der Waals surface area contributed by atoms with E-state index in [4.69, 9.17) is 4.74 Å². The van der Waals surface area contributed by atoms with E-state index in [9.17, 15) is 4.79 Å². The van der Waals surface area contributed by atoms with Crippen LogP contribution in [0.2, 0.25) is 0 Å². The molecule has 0 bridgehead atoms. The summed E-state index contributed by atoms with van der Waals surface area (Å²) in [5.41, 5.74) is 0. The van der Waals surface area contributed by atoms with Gasteiger partial charge in [-0.2, -0.15) is 0 Å². The molecule has 0 spiro atoms. The first-order valence-electron chi connectivity index (χ1n) is 7.96. The maximum absolute atomic E-state index is 11.6. The molecule has 0 aromatic rings. The minimum atomic E-state index is -0.235. The van der Waals surface area contributed by atoms with E-state index in [1.54, 1.807) is 0 Å². The molecule has 4 heteroatoms. The third-order valence-corrected chi connectivity index (χ3v) is 4.46. The number of unbranched alkanes of at least 4 members (excludes halogenated alkanes) is 1. The molecule has 19 heavy (non-hydrogen) atoms. The lowest BCUT2D eigenvalue weighted by molar-refractivity contribution is 0.0235. The van der Waals surface area contributed by atoms with Crippen molar-refractivity contribution in [3.05, 3.63) is 0 Å². The number of fused-ring (bicyclic) bond motifs is 1. The number of ether oxygens (including phenoxy) is 1. The van der Waals surface area contributed by atoms with Crippen LogP contribution in [0.15, 0.2) is 0 Å². The van der Waals surface area contributed by atoms with Crippen molar-refractivity contribution in [2.24, 2.45) is 5.92 Å². The normalized spacial score (nSPS) is 27.6. The summed E-state index contributed by atoms with van der Waals surface area (Å²) < 4.78 is 5.40. The zero-order valence-corrected chi connectivity index (χ0v) is 12.2. The summed E-state index contributed by atoms with van der Waals surface area (Å²) >= 11 is 0. The third kappa shape index (κ3) is 4.37. The highest BCUT2D eigenvalue weighted by molar-refractivity contribution is 5.67. The summed E-state index contributed by atoms with van der Waals surface area (Å²) in [4.78, 5) is 14.2. The summed E-state index contributed by atoms with van der Waals surface area (Å²) in [7, 11) is 0. The van der Waals surface area contributed by atoms with E-state index in [0.717, 1.165) is 19.4 Å². The summed E-state index contributed by atoms with van der Waals surface area (Å²) in [5, 5.41) is 2.82. The lowest BCUT2D eigenvalue weighted by Gasteiger charge is -2.44. The van der Waals surface area contributed by atoms with Crippen LogP contribution < -0.4 is 5.32 Å². The highest BCUT2D eigenvalue weighted by Crippen LogP contribution is 2.30. The molecule has 1 amide bonds. The number of carbonyl (C=O) groups is 1. The van der Waals surface area contributed by atoms with Crippen LogP contribution in [-0.4, -0.2) is 43.3 Å². The number of alkyl carbamates (subject to hydrolysis) is 1. The zero-order valence-electron chi connectivity index (χ0n) is 12.2. The summed E-state index contributed by atoms with van der Waals surface area (Å²) in [6.45, 7) is 5.93. The predicted molar refractivity (Wildman–Crippen MR) is 76.2 cm³/mol. The van der Waals surface area contributed by atoms with Crippen molar-refractivity contribution in [2.45, 2.75) is 57.9 Å². The molecule has 0 saturated carbocycles. The molecule has 0 aromatic heterocycles. The number of nitrogens with zero attached hydrogens (tertiary/aromatic N) is 1. The van der Waals surface area contributed by atoms with Crippen LogP contribution in [0.1, 0.15) is 51.9 Å². The van der Waals surface area contributed by atoms with Gasteiger partial charge < -0.3 is 10.1 Å². The molecule has 2 rings (SSSR count). The molecule has 0 radical (unpaired) electrons. The van der Waals surface area contributed by atoms with Crippen LogP contribution in [-0.2, 0) is 4.74 Å². The average molecular weight is 268 g/mol. The van der Waals surface area contributed by atoms with Gasteiger partial charge in [-0.05, 0) is 45.2 Å². The largest absolute Gasteiger partial charge is 0.449 e. The molecule has 0 aromatic carbocycles. The molecular weight excluding hydrogens is 240 g/mol. The van der Waals surface area contributed by atoms with Crippen molar-refractivity contribution < 1.29 is 9.53 Å². The maximum atomic E-state index is 11.6. The summed E-state index contributed by atoms with van der Waals surface area (Å²) in [6, 6.07) is 0.658. The monoisotopic (exact) mass is 268 g/mol. The Hall–Kier alpha value is -0.770. The van der Waals surface area contributed by atoms with Crippen LogP contribution in [0, 0.1) is 5.92 Å². The first-order valence-corrected chi connectivity index (χ1v) is 7.96. The van der Waals surface area contributed by atoms with Crippen molar-refractivity contribution in [1.82, 2.24) is 10.2 Å². The van der Waals surface area contributed by atoms with Gasteiger partial charge >= 0.3 is 6.09 Å². The first-order chi connectivity index (χ1) is 9.31. The smallest absolute Gasteiger partial charge is 0.407 e. The van der Waals surface area contributed by atoms with Crippen molar-refractivity contribution in [3.8, 4) is 0 Å². The van der Waals surface area contributed by atoms with Crippen molar-refractivity contribution in [3.63, 3.8) is 0 Å². The number of rotatable bonds is 5. The fourth-order valence-corrected chi connectivity index (χ4v) is 3.37. The van der Waals surface area contributed by atoms with Gasteiger partial charge in [-0.1, -0.05) is 19.8 Å². The molecule has 4 nitrogen and oxygen atoms in total. The average Bonchev–Trinajstić information content (AvgIpc) is 2.45. The summed E-state index contributed by atoms with van der Waals surface area (Å²) in [6.07, 6.45) is 8.30. The molecule has 0 aliphatic carbocycles. The van der Waals surface area contributed by atoms with Gasteiger partial charge in [-0.3, -0.25) is 4.90 Å². The van der Waals surface area contributed by atoms with Crippen LogP contribution in [0.4, 0.5) is 4.79 Å². The third-order valence-electron chi connectivity index (χ3n) is 4.46. The van der Waals surface area contributed by atoms with E-state index in [1.807, 2.05) is 0 Å². The van der Waals surface area contributed by atoms with Gasteiger partial charge in [0.05, 0.1) is 6.61 Å². The Morgan fingerprint density at radius 1 is 1.26 bits per heavy atom. The van der Waals surface area contributed by atoms with Crippen LogP contribution in [0.5, 0.6) is 0 Å². The van der Waals surface area contributed by atoms with Gasteiger partial charge in [0, 0.05) is 18.5 Å². The molecule has 2 saturated heterocycles. The molecule has 2 fully saturated rings. The topological polar surface area (TPSA) is 41.6 Å². The Labute approximate surface area is 116 Å². The second-order valence-corrected chi connectivity index (χ2v) is 5.88. The van der Waals surface area contributed by atoms with E-state index < -0.39 is 0 Å². The van der Waals surface area contributed by atoms with Gasteiger partial charge in [0.2, 0.25) is 0 Å². The van der Waals surface area contributed by atoms with E-state index in [1.165, 1.54) is 45.2 Å². The van der Waals surface area contributed by atoms with Crippen molar-refractivity contribution >= 4 is 6.09 Å². The lowest BCUT2D eigenvalue weighted by atomic mass is 9.84. The number of hydrogen-bond donors (Lipinski definition) is 1. The lowest BCUT2D eigenvalue weighted by Crippen LogP contribution is -2.49. The fraction of sp³-hybridized carbons (Fsp3) is 0.933. The quantitative estimate of drug-likeness (QED) is 0.780. The Morgan fingerprint density at radius 3 is 2.95 bits per heavy atom. The van der Waals surface area contributed by atoms with Gasteiger partial charge in [-0.25, -0.2) is 4.79 Å². The van der Waals surface area contributed by atoms with Crippen molar-refractivity contribution in [1.29, 1.82) is 0 Å². The van der Waals surface area contributed by atoms with E-state index in [-0.39, 0.29) is 6.09 Å². The second kappa shape index (κ2) is 7.73. The molecule has 2 aliphatic rings. The number of piperidine rings is 2. The molecular formula is C15H28N2O2. The van der Waals surface area contributed by atoms with Crippen LogP contribution in [0.3, 0.4) is 0 Å². The Balaban J connectivity index is 1.70. The minimum absolute atomic E-state index is 0.235. The Morgan fingerprint density at radius 2 is 2.11 bits per heavy atom. The number of carbonyl (C=O) groups excluding carboxylic acids is 1. The van der Waals surface area contributed by atoms with Crippen molar-refractivity contribution in [2.75, 3.05) is 26.2 Å². The van der Waals surface area contributed by atoms with Gasteiger partial charge in [0.15, 0.2) is 0 Å². The van der Waals surface area contributed by atoms with Gasteiger partial charge in [0.1, 0.15) is 0 Å². The molecule has 2 heterocycles. The number of amides is 1. The highest BCUT2D eigenvalue weighted by atomic mass is 16.5. The van der Waals surface area contributed by atoms with E-state index in [2.05, 4.69) is 17.1 Å². The Kier molecular flexibility index (Phi) is 5.95. The second-order valence-electron chi connectivity index (χ2n) is 5.88. The molecule has 1 N–H and O–H groups in total. The molecule has 2 atom stereocenters. The maximum Gasteiger partial charge on any atom is 0.407 e. The fourth-order valence-electron chi connectivity index (χ4n) is 3.37. The number of nitrogens with one attached hydrogen (secondary N) is 1. The van der Waals surface area contributed by atoms with Gasteiger partial charge in [0.25, 0.3) is 0 Å². The van der Waals surface area contributed by atoms with E-state index >= 15 is 0 Å². The van der Waals surface area contributed by atoms with Crippen LogP contribution >= 0.6 is 0 Å². The summed E-state index contributed by atoms with van der Waals surface area (Å²) in [5.74, 6) is 0.547. The van der Waals surface area contributed by atoms with E-state index in [0.29, 0.717) is 18.6 Å². The first kappa shape index (κ1) is 14.6. The Bertz CT molecular complexity index is 281. The van der Waals surface area contributed by atoms with Gasteiger partial charge in [-0.15, -0.1) is 0 Å². The molecule has 110 valence electrons. The minimum Gasteiger partial charge on any atom is -0.449 e. The van der Waals surface area contributed by atoms with Crippen LogP contribution in [0.25, 0.3) is 0 Å². The standard InChI is InChI=1S/C15H28N2O2/c1-2-3-9-16-15(18)19-12-13-7-6-11-17-10-5-4-8-14(13)17/h13-14H,2-12H2,1H3,(H,16,18)/t13-,14+/m0/s1. The predicted octanol–water partition coefficient (Wildman–Crippen LogP) is 2.78. The SMILES string of the molecule is CCCCNC(=O)OC[C@@H]1CCCN2CCCC[C@H]12. The number of hydrogen-bond acceptors (Lipinski definition) is 3. The molecule has 2 aliphatic heterocycles. The zero-order chi connectivity index (χ0) is 13.5. The molecule has 0 unspecified atom stereocenters.